The maximum absolute atomic E-state index is 12.7. The van der Waals surface area contributed by atoms with Crippen LogP contribution in [0.4, 0.5) is 0 Å². The Labute approximate surface area is 152 Å². The van der Waals surface area contributed by atoms with Crippen LogP contribution < -0.4 is 0 Å². The summed E-state index contributed by atoms with van der Waals surface area (Å²) >= 11 is 1.39. The van der Waals surface area contributed by atoms with E-state index >= 15 is 0 Å². The number of nitrogens with zero attached hydrogens (tertiary/aromatic N) is 3. The highest BCUT2D eigenvalue weighted by Crippen LogP contribution is 2.30. The van der Waals surface area contributed by atoms with Crippen molar-refractivity contribution in [2.45, 2.75) is 36.6 Å². The molecule has 0 bridgehead atoms. The third kappa shape index (κ3) is 3.95. The second kappa shape index (κ2) is 6.92. The van der Waals surface area contributed by atoms with Crippen LogP contribution in [0.2, 0.25) is 0 Å². The summed E-state index contributed by atoms with van der Waals surface area (Å²) in [4.78, 5) is 23.2. The fraction of sp³-hybridized carbons (Fsp3) is 0.471. The number of carbonyl (C=O) groups is 1. The number of aromatic nitrogens is 2. The number of carbonyl (C=O) groups excluding carboxylic acids is 1. The first kappa shape index (κ1) is 18.1. The summed E-state index contributed by atoms with van der Waals surface area (Å²) in [5.41, 5.74) is 0.854. The largest absolute Gasteiger partial charge is 0.341 e. The Hall–Kier alpha value is -1.67. The fourth-order valence-electron chi connectivity index (χ4n) is 3.01. The van der Waals surface area contributed by atoms with Crippen LogP contribution in [0.25, 0.3) is 10.9 Å². The van der Waals surface area contributed by atoms with E-state index < -0.39 is 9.84 Å². The summed E-state index contributed by atoms with van der Waals surface area (Å²) in [5, 5.41) is 1.34. The monoisotopic (exact) mass is 379 g/mol. The van der Waals surface area contributed by atoms with Gasteiger partial charge in [-0.25, -0.2) is 18.4 Å². The van der Waals surface area contributed by atoms with Crippen molar-refractivity contribution in [1.82, 2.24) is 14.9 Å². The van der Waals surface area contributed by atoms with Crippen molar-refractivity contribution in [3.8, 4) is 0 Å². The van der Waals surface area contributed by atoms with Gasteiger partial charge in [-0.2, -0.15) is 0 Å². The highest BCUT2D eigenvalue weighted by molar-refractivity contribution is 8.00. The van der Waals surface area contributed by atoms with Gasteiger partial charge in [-0.15, -0.1) is 0 Å². The Bertz CT molecular complexity index is 914. The van der Waals surface area contributed by atoms with Gasteiger partial charge in [0.15, 0.2) is 9.84 Å². The van der Waals surface area contributed by atoms with E-state index in [9.17, 15) is 13.2 Å². The molecular formula is C17H21N3O3S2. The molecule has 0 N–H and O–H groups in total. The minimum atomic E-state index is -3.01. The van der Waals surface area contributed by atoms with E-state index in [0.717, 1.165) is 15.9 Å². The summed E-state index contributed by atoms with van der Waals surface area (Å²) in [6.07, 6.45) is 0.511. The van der Waals surface area contributed by atoms with Gasteiger partial charge in [-0.1, -0.05) is 30.0 Å². The van der Waals surface area contributed by atoms with Crippen LogP contribution >= 0.6 is 11.8 Å². The van der Waals surface area contributed by atoms with Crippen molar-refractivity contribution in [2.24, 2.45) is 0 Å². The van der Waals surface area contributed by atoms with Gasteiger partial charge in [0, 0.05) is 18.5 Å². The minimum Gasteiger partial charge on any atom is -0.341 e. The van der Waals surface area contributed by atoms with Crippen LogP contribution in [-0.4, -0.2) is 59.0 Å². The van der Waals surface area contributed by atoms with Crippen LogP contribution in [0.3, 0.4) is 0 Å². The molecule has 8 heteroatoms. The molecule has 0 radical (unpaired) electrons. The Morgan fingerprint density at radius 1 is 1.32 bits per heavy atom. The van der Waals surface area contributed by atoms with Gasteiger partial charge >= 0.3 is 0 Å². The maximum Gasteiger partial charge on any atom is 0.235 e. The third-order valence-electron chi connectivity index (χ3n) is 4.42. The molecule has 6 nitrogen and oxygen atoms in total. The lowest BCUT2D eigenvalue weighted by Crippen LogP contribution is -2.41. The molecule has 1 aromatic heterocycles. The third-order valence-corrected chi connectivity index (χ3v) is 7.26. The number of amides is 1. The minimum absolute atomic E-state index is 0.0577. The molecule has 134 valence electrons. The lowest BCUT2D eigenvalue weighted by molar-refractivity contribution is -0.130. The van der Waals surface area contributed by atoms with Crippen LogP contribution in [0.5, 0.6) is 0 Å². The summed E-state index contributed by atoms with van der Waals surface area (Å²) < 4.78 is 23.3. The molecule has 1 aliphatic heterocycles. The highest BCUT2D eigenvalue weighted by atomic mass is 32.2. The molecule has 1 saturated heterocycles. The Morgan fingerprint density at radius 2 is 2.04 bits per heavy atom. The zero-order chi connectivity index (χ0) is 18.2. The number of hydrogen-bond acceptors (Lipinski definition) is 6. The molecule has 2 aromatic rings. The fourth-order valence-corrected chi connectivity index (χ4v) is 5.87. The number of fused-ring (bicyclic) bond motifs is 1. The number of para-hydroxylation sites is 1. The first-order valence-corrected chi connectivity index (χ1v) is 10.8. The van der Waals surface area contributed by atoms with E-state index in [2.05, 4.69) is 9.97 Å². The lowest BCUT2D eigenvalue weighted by Gasteiger charge is -2.26. The Kier molecular flexibility index (Phi) is 5.02. The molecule has 3 rings (SSSR count). The first-order chi connectivity index (χ1) is 11.8. The summed E-state index contributed by atoms with van der Waals surface area (Å²) in [6, 6.07) is 7.49. The molecule has 1 fully saturated rings. The Balaban J connectivity index is 1.78. The van der Waals surface area contributed by atoms with Crippen LogP contribution in [0, 0.1) is 6.92 Å². The molecule has 1 aromatic carbocycles. The molecule has 0 spiro atoms. The predicted octanol–water partition coefficient (Wildman–Crippen LogP) is 2.06. The molecule has 2 heterocycles. The average molecular weight is 380 g/mol. The smallest absolute Gasteiger partial charge is 0.235 e. The number of sulfone groups is 1. The molecule has 1 aliphatic rings. The quantitative estimate of drug-likeness (QED) is 0.598. The first-order valence-electron chi connectivity index (χ1n) is 8.14. The molecule has 25 heavy (non-hydrogen) atoms. The molecule has 0 unspecified atom stereocenters. The van der Waals surface area contributed by atoms with Crippen LogP contribution in [0.15, 0.2) is 29.3 Å². The summed E-state index contributed by atoms with van der Waals surface area (Å²) in [7, 11) is -1.33. The SMILES string of the molecule is Cc1nc(S[C@@H](C)C(=O)N(C)[C@@H]2CCS(=O)(=O)C2)c2ccccc2n1. The molecule has 1 amide bonds. The summed E-state index contributed by atoms with van der Waals surface area (Å²) in [6.45, 7) is 3.66. The van der Waals surface area contributed by atoms with Crippen LogP contribution in [-0.2, 0) is 14.6 Å². The zero-order valence-electron chi connectivity index (χ0n) is 14.5. The lowest BCUT2D eigenvalue weighted by atomic mass is 10.2. The van der Waals surface area contributed by atoms with Crippen molar-refractivity contribution in [2.75, 3.05) is 18.6 Å². The van der Waals surface area contributed by atoms with E-state index in [0.29, 0.717) is 12.2 Å². The zero-order valence-corrected chi connectivity index (χ0v) is 16.1. The van der Waals surface area contributed by atoms with Crippen molar-refractivity contribution >= 4 is 38.4 Å². The van der Waals surface area contributed by atoms with Crippen molar-refractivity contribution in [1.29, 1.82) is 0 Å². The van der Waals surface area contributed by atoms with Crippen LogP contribution in [0.1, 0.15) is 19.2 Å². The molecule has 0 aliphatic carbocycles. The maximum atomic E-state index is 12.7. The van der Waals surface area contributed by atoms with E-state index in [1.165, 1.54) is 11.8 Å². The van der Waals surface area contributed by atoms with Gasteiger partial charge in [0.05, 0.1) is 22.3 Å². The van der Waals surface area contributed by atoms with E-state index in [4.69, 9.17) is 0 Å². The number of hydrogen-bond donors (Lipinski definition) is 0. The van der Waals surface area contributed by atoms with Gasteiger partial charge in [-0.05, 0) is 26.3 Å². The van der Waals surface area contributed by atoms with Gasteiger partial charge in [0.2, 0.25) is 5.91 Å². The predicted molar refractivity (Wildman–Crippen MR) is 99.4 cm³/mol. The average Bonchev–Trinajstić information content (AvgIpc) is 2.93. The second-order valence-electron chi connectivity index (χ2n) is 6.36. The van der Waals surface area contributed by atoms with E-state index in [-0.39, 0.29) is 28.7 Å². The normalized spacial score (nSPS) is 20.5. The van der Waals surface area contributed by atoms with Crippen molar-refractivity contribution < 1.29 is 13.2 Å². The topological polar surface area (TPSA) is 80.2 Å². The number of thioether (sulfide) groups is 1. The van der Waals surface area contributed by atoms with Gasteiger partial charge in [-0.3, -0.25) is 4.79 Å². The number of aryl methyl sites for hydroxylation is 1. The van der Waals surface area contributed by atoms with Gasteiger partial charge in [0.1, 0.15) is 10.9 Å². The van der Waals surface area contributed by atoms with Gasteiger partial charge < -0.3 is 4.90 Å². The Morgan fingerprint density at radius 3 is 2.72 bits per heavy atom. The summed E-state index contributed by atoms with van der Waals surface area (Å²) in [5.74, 6) is 0.804. The van der Waals surface area contributed by atoms with Crippen molar-refractivity contribution in [3.05, 3.63) is 30.1 Å². The molecular weight excluding hydrogens is 358 g/mol. The van der Waals surface area contributed by atoms with E-state index in [1.807, 2.05) is 38.1 Å². The molecule has 2 atom stereocenters. The van der Waals surface area contributed by atoms with E-state index in [1.54, 1.807) is 11.9 Å². The van der Waals surface area contributed by atoms with Gasteiger partial charge in [0.25, 0.3) is 0 Å². The highest BCUT2D eigenvalue weighted by Gasteiger charge is 2.34. The number of rotatable bonds is 4. The standard InChI is InChI=1S/C17H21N3O3S2/c1-11(17(21)20(3)13-8-9-25(22,23)10-13)24-16-14-6-4-5-7-15(14)18-12(2)19-16/h4-7,11,13H,8-10H2,1-3H3/t11-,13+/m0/s1. The second-order valence-corrected chi connectivity index (χ2v) is 9.92. The molecule has 0 saturated carbocycles. The number of benzene rings is 1. The van der Waals surface area contributed by atoms with Crippen molar-refractivity contribution in [3.63, 3.8) is 0 Å².